The number of benzene rings is 1. The highest BCUT2D eigenvalue weighted by Crippen LogP contribution is 2.32. The van der Waals surface area contributed by atoms with Crippen molar-refractivity contribution in [3.8, 4) is 0 Å². The molecule has 1 amide bonds. The summed E-state index contributed by atoms with van der Waals surface area (Å²) in [6, 6.07) is 3.32. The molecule has 108 valence electrons. The van der Waals surface area contributed by atoms with Crippen molar-refractivity contribution >= 4 is 11.6 Å². The number of rotatable bonds is 2. The van der Waals surface area contributed by atoms with E-state index in [-0.39, 0.29) is 11.6 Å². The molecule has 1 aromatic carbocycles. The summed E-state index contributed by atoms with van der Waals surface area (Å²) in [5.41, 5.74) is 1.55. The summed E-state index contributed by atoms with van der Waals surface area (Å²) in [7, 11) is 0. The van der Waals surface area contributed by atoms with Gasteiger partial charge in [0.25, 0.3) is 5.91 Å². The molecule has 6 heteroatoms. The number of amides is 1. The number of carbonyl (C=O) groups is 1. The molecule has 1 aliphatic heterocycles. The van der Waals surface area contributed by atoms with Crippen molar-refractivity contribution in [3.05, 3.63) is 40.5 Å². The van der Waals surface area contributed by atoms with E-state index >= 15 is 0 Å². The maximum atomic E-state index is 12.7. The normalized spacial score (nSPS) is 14.8. The topological polar surface area (TPSA) is 41.1 Å². The lowest BCUT2D eigenvalue weighted by Crippen LogP contribution is -2.36. The average Bonchev–Trinajstić information content (AvgIpc) is 2.28. The summed E-state index contributed by atoms with van der Waals surface area (Å²) in [5.74, 6) is -0.357. The monoisotopic (exact) mass is 284 g/mol. The number of nitrogens with one attached hydrogen (secondary N) is 2. The fourth-order valence-electron chi connectivity index (χ4n) is 1.82. The fraction of sp³-hybridized carbons (Fsp3) is 0.357. The van der Waals surface area contributed by atoms with Crippen LogP contribution in [0.15, 0.2) is 29.3 Å². The lowest BCUT2D eigenvalue weighted by atomic mass is 10.0. The zero-order valence-corrected chi connectivity index (χ0v) is 11.2. The van der Waals surface area contributed by atoms with Gasteiger partial charge in [0, 0.05) is 24.4 Å². The van der Waals surface area contributed by atoms with Crippen LogP contribution in [0.4, 0.5) is 18.9 Å². The van der Waals surface area contributed by atoms with Crippen LogP contribution in [0.2, 0.25) is 0 Å². The molecule has 20 heavy (non-hydrogen) atoms. The van der Waals surface area contributed by atoms with E-state index in [0.717, 1.165) is 17.7 Å². The molecule has 0 radical (unpaired) electrons. The fourth-order valence-corrected chi connectivity index (χ4v) is 1.82. The molecule has 0 unspecified atom stereocenters. The first-order chi connectivity index (χ1) is 9.29. The maximum absolute atomic E-state index is 12.7. The summed E-state index contributed by atoms with van der Waals surface area (Å²) in [6.45, 7) is 4.64. The molecule has 0 spiro atoms. The van der Waals surface area contributed by atoms with E-state index in [1.165, 1.54) is 6.07 Å². The zero-order valence-electron chi connectivity index (χ0n) is 11.2. The van der Waals surface area contributed by atoms with Gasteiger partial charge in [-0.15, -0.1) is 0 Å². The van der Waals surface area contributed by atoms with Crippen molar-refractivity contribution in [2.75, 3.05) is 18.4 Å². The number of aryl methyl sites for hydroxylation is 1. The van der Waals surface area contributed by atoms with Gasteiger partial charge in [0.05, 0.1) is 5.56 Å². The molecular weight excluding hydrogens is 269 g/mol. The number of hydrogen-bond donors (Lipinski definition) is 2. The van der Waals surface area contributed by atoms with Gasteiger partial charge in [0.1, 0.15) is 0 Å². The molecule has 0 saturated carbocycles. The zero-order chi connectivity index (χ0) is 14.9. The largest absolute Gasteiger partial charge is 0.416 e. The Morgan fingerprint density at radius 1 is 1.30 bits per heavy atom. The second kappa shape index (κ2) is 5.28. The number of alkyl halides is 3. The van der Waals surface area contributed by atoms with Crippen molar-refractivity contribution in [1.29, 1.82) is 0 Å². The second-order valence-corrected chi connectivity index (χ2v) is 4.81. The van der Waals surface area contributed by atoms with Crippen LogP contribution in [0, 0.1) is 6.92 Å². The molecule has 1 fully saturated rings. The average molecular weight is 284 g/mol. The predicted molar refractivity (Wildman–Crippen MR) is 70.4 cm³/mol. The lowest BCUT2D eigenvalue weighted by Gasteiger charge is -2.21. The van der Waals surface area contributed by atoms with Crippen molar-refractivity contribution in [3.63, 3.8) is 0 Å². The van der Waals surface area contributed by atoms with Crippen molar-refractivity contribution < 1.29 is 18.0 Å². The molecule has 3 nitrogen and oxygen atoms in total. The van der Waals surface area contributed by atoms with Gasteiger partial charge < -0.3 is 10.6 Å². The Kier molecular flexibility index (Phi) is 3.85. The van der Waals surface area contributed by atoms with Gasteiger partial charge in [0.2, 0.25) is 0 Å². The Hall–Kier alpha value is -1.82. The maximum Gasteiger partial charge on any atom is 0.416 e. The highest BCUT2D eigenvalue weighted by Gasteiger charge is 2.31. The van der Waals surface area contributed by atoms with E-state index in [0.29, 0.717) is 24.2 Å². The molecule has 1 aliphatic rings. The molecule has 1 saturated heterocycles. The van der Waals surface area contributed by atoms with Crippen molar-refractivity contribution in [2.45, 2.75) is 20.0 Å². The smallest absolute Gasteiger partial charge is 0.322 e. The summed E-state index contributed by atoms with van der Waals surface area (Å²) in [4.78, 5) is 12.0. The molecule has 2 N–H and O–H groups in total. The van der Waals surface area contributed by atoms with Gasteiger partial charge in [-0.2, -0.15) is 13.2 Å². The minimum absolute atomic E-state index is 0.192. The highest BCUT2D eigenvalue weighted by molar-refractivity contribution is 6.04. The standard InChI is InChI=1S/C14H15F3N2O/c1-8-3-4-11(14(15,16)17)5-12(8)19-13(20)9(2)10-6-18-7-10/h3-5,18H,6-7H2,1-2H3,(H,19,20). The molecule has 1 heterocycles. The number of carbonyl (C=O) groups excluding carboxylic acids is 1. The molecule has 1 aromatic rings. The molecule has 0 bridgehead atoms. The van der Waals surface area contributed by atoms with Gasteiger partial charge in [0.15, 0.2) is 0 Å². The van der Waals surface area contributed by atoms with Crippen molar-refractivity contribution in [1.82, 2.24) is 5.32 Å². The third kappa shape index (κ3) is 3.01. The number of anilines is 1. The van der Waals surface area contributed by atoms with E-state index in [1.807, 2.05) is 0 Å². The van der Waals surface area contributed by atoms with Gasteiger partial charge in [-0.1, -0.05) is 6.07 Å². The van der Waals surface area contributed by atoms with Crippen LogP contribution in [0.1, 0.15) is 18.1 Å². The minimum atomic E-state index is -4.42. The first-order valence-corrected chi connectivity index (χ1v) is 6.17. The Balaban J connectivity index is 2.23. The molecule has 2 rings (SSSR count). The van der Waals surface area contributed by atoms with E-state index in [2.05, 4.69) is 10.6 Å². The van der Waals surface area contributed by atoms with Crippen LogP contribution in [-0.2, 0) is 11.0 Å². The van der Waals surface area contributed by atoms with Gasteiger partial charge in [-0.05, 0) is 37.1 Å². The van der Waals surface area contributed by atoms with Gasteiger partial charge >= 0.3 is 6.18 Å². The summed E-state index contributed by atoms with van der Waals surface area (Å²) in [6.07, 6.45) is -4.42. The molecular formula is C14H15F3N2O. The lowest BCUT2D eigenvalue weighted by molar-refractivity contribution is -0.137. The van der Waals surface area contributed by atoms with Crippen LogP contribution < -0.4 is 10.6 Å². The molecule has 0 atom stereocenters. The van der Waals surface area contributed by atoms with Gasteiger partial charge in [-0.3, -0.25) is 4.79 Å². The number of halogens is 3. The SMILES string of the molecule is CC(C(=O)Nc1cc(C(F)(F)F)ccc1C)=C1CNC1. The third-order valence-corrected chi connectivity index (χ3v) is 3.36. The first-order valence-electron chi connectivity index (χ1n) is 6.17. The Morgan fingerprint density at radius 3 is 2.45 bits per heavy atom. The van der Waals surface area contributed by atoms with Crippen LogP contribution in [0.25, 0.3) is 0 Å². The van der Waals surface area contributed by atoms with E-state index in [4.69, 9.17) is 0 Å². The molecule has 0 aliphatic carbocycles. The van der Waals surface area contributed by atoms with Crippen molar-refractivity contribution in [2.24, 2.45) is 0 Å². The third-order valence-electron chi connectivity index (χ3n) is 3.36. The number of hydrogen-bond acceptors (Lipinski definition) is 2. The van der Waals surface area contributed by atoms with Crippen LogP contribution in [0.5, 0.6) is 0 Å². The predicted octanol–water partition coefficient (Wildman–Crippen LogP) is 2.87. The quantitative estimate of drug-likeness (QED) is 0.820. The Morgan fingerprint density at radius 2 is 1.95 bits per heavy atom. The summed E-state index contributed by atoms with van der Waals surface area (Å²) < 4.78 is 38.0. The van der Waals surface area contributed by atoms with E-state index in [9.17, 15) is 18.0 Å². The van der Waals surface area contributed by atoms with Crippen LogP contribution >= 0.6 is 0 Å². The Labute approximate surface area is 114 Å². The first kappa shape index (κ1) is 14.6. The summed E-state index contributed by atoms with van der Waals surface area (Å²) in [5, 5.41) is 5.56. The van der Waals surface area contributed by atoms with Crippen LogP contribution in [0.3, 0.4) is 0 Å². The van der Waals surface area contributed by atoms with Crippen LogP contribution in [-0.4, -0.2) is 19.0 Å². The van der Waals surface area contributed by atoms with E-state index in [1.54, 1.807) is 13.8 Å². The van der Waals surface area contributed by atoms with E-state index < -0.39 is 11.7 Å². The second-order valence-electron chi connectivity index (χ2n) is 4.81. The highest BCUT2D eigenvalue weighted by atomic mass is 19.4. The minimum Gasteiger partial charge on any atom is -0.322 e. The Bertz CT molecular complexity index is 570. The van der Waals surface area contributed by atoms with Gasteiger partial charge in [-0.25, -0.2) is 0 Å². The summed E-state index contributed by atoms with van der Waals surface area (Å²) >= 11 is 0. The molecule has 0 aromatic heterocycles.